The zero-order valence-electron chi connectivity index (χ0n) is 17.1. The van der Waals surface area contributed by atoms with Crippen molar-refractivity contribution in [3.05, 3.63) is 93.4 Å². The van der Waals surface area contributed by atoms with Crippen LogP contribution in [0.3, 0.4) is 0 Å². The largest absolute Gasteiger partial charge is 0.489 e. The lowest BCUT2D eigenvalue weighted by atomic mass is 10.2. The van der Waals surface area contributed by atoms with Gasteiger partial charge in [-0.1, -0.05) is 75.7 Å². The Kier molecular flexibility index (Phi) is 8.17. The molecule has 1 aromatic heterocycles. The van der Waals surface area contributed by atoms with Crippen LogP contribution in [0.5, 0.6) is 5.75 Å². The van der Waals surface area contributed by atoms with Gasteiger partial charge in [0.15, 0.2) is 0 Å². The Morgan fingerprint density at radius 1 is 1.00 bits per heavy atom. The molecule has 0 amide bonds. The summed E-state index contributed by atoms with van der Waals surface area (Å²) in [5.74, 6) is 1.66. The predicted molar refractivity (Wildman–Crippen MR) is 132 cm³/mol. The van der Waals surface area contributed by atoms with Crippen LogP contribution in [0.25, 0.3) is 5.69 Å². The number of halogens is 2. The highest BCUT2D eigenvalue weighted by Gasteiger charge is 2.09. The topological polar surface area (TPSA) is 64.9 Å². The van der Waals surface area contributed by atoms with E-state index in [1.165, 1.54) is 0 Å². The monoisotopic (exact) mass is 529 g/mol. The third kappa shape index (κ3) is 6.10. The van der Waals surface area contributed by atoms with Gasteiger partial charge in [0.2, 0.25) is 5.16 Å². The molecule has 1 N–H and O–H groups in total. The molecule has 32 heavy (non-hydrogen) atoms. The number of tetrazole rings is 1. The lowest BCUT2D eigenvalue weighted by Gasteiger charge is -2.13. The van der Waals surface area contributed by atoms with Crippen molar-refractivity contribution in [2.45, 2.75) is 18.3 Å². The van der Waals surface area contributed by atoms with Crippen LogP contribution in [0, 0.1) is 0 Å². The Morgan fingerprint density at radius 2 is 1.81 bits per heavy atom. The van der Waals surface area contributed by atoms with E-state index < -0.39 is 0 Å². The summed E-state index contributed by atoms with van der Waals surface area (Å²) in [5, 5.41) is 17.0. The quantitative estimate of drug-likeness (QED) is 0.215. The third-order valence-corrected chi connectivity index (χ3v) is 6.41. The Bertz CT molecular complexity index is 1160. The summed E-state index contributed by atoms with van der Waals surface area (Å²) < 4.78 is 8.82. The minimum Gasteiger partial charge on any atom is -0.489 e. The molecule has 4 aromatic rings. The number of rotatable bonds is 10. The number of hydrogen-bond donors (Lipinski definition) is 1. The molecule has 0 fully saturated rings. The van der Waals surface area contributed by atoms with E-state index in [2.05, 4.69) is 42.8 Å². The predicted octanol–water partition coefficient (Wildman–Crippen LogP) is 5.54. The van der Waals surface area contributed by atoms with E-state index in [4.69, 9.17) is 16.3 Å². The van der Waals surface area contributed by atoms with Crippen molar-refractivity contribution in [3.63, 3.8) is 0 Å². The SMILES string of the molecule is Clc1ccccc1COc1ccc(Br)cc1CNCCSc1nnnn1-c1ccccc1. The first-order valence-corrected chi connectivity index (χ1v) is 12.2. The summed E-state index contributed by atoms with van der Waals surface area (Å²) in [5.41, 5.74) is 2.98. The fourth-order valence-electron chi connectivity index (χ4n) is 3.04. The van der Waals surface area contributed by atoms with Crippen molar-refractivity contribution in [2.75, 3.05) is 12.3 Å². The van der Waals surface area contributed by atoms with Crippen molar-refractivity contribution in [2.24, 2.45) is 0 Å². The zero-order valence-corrected chi connectivity index (χ0v) is 20.3. The molecule has 0 bridgehead atoms. The maximum absolute atomic E-state index is 6.25. The van der Waals surface area contributed by atoms with Crippen molar-refractivity contribution in [1.82, 2.24) is 25.5 Å². The molecule has 0 aliphatic heterocycles. The molecule has 0 saturated heterocycles. The summed E-state index contributed by atoms with van der Waals surface area (Å²) in [6.45, 7) is 1.90. The van der Waals surface area contributed by atoms with Gasteiger partial charge >= 0.3 is 0 Å². The van der Waals surface area contributed by atoms with E-state index in [1.807, 2.05) is 66.7 Å². The van der Waals surface area contributed by atoms with E-state index in [0.29, 0.717) is 18.2 Å². The van der Waals surface area contributed by atoms with Crippen LogP contribution in [-0.2, 0) is 13.2 Å². The van der Waals surface area contributed by atoms with Gasteiger partial charge in [0, 0.05) is 39.5 Å². The number of benzene rings is 3. The maximum Gasteiger partial charge on any atom is 0.214 e. The highest BCUT2D eigenvalue weighted by Crippen LogP contribution is 2.25. The summed E-state index contributed by atoms with van der Waals surface area (Å²) in [4.78, 5) is 0. The molecule has 0 unspecified atom stereocenters. The molecular weight excluding hydrogens is 510 g/mol. The van der Waals surface area contributed by atoms with E-state index >= 15 is 0 Å². The molecule has 4 rings (SSSR count). The van der Waals surface area contributed by atoms with E-state index in [1.54, 1.807) is 16.4 Å². The van der Waals surface area contributed by atoms with Crippen molar-refractivity contribution >= 4 is 39.3 Å². The van der Waals surface area contributed by atoms with Gasteiger partial charge in [-0.25, -0.2) is 0 Å². The molecule has 0 radical (unpaired) electrons. The Morgan fingerprint density at radius 3 is 2.66 bits per heavy atom. The molecule has 164 valence electrons. The average Bonchev–Trinajstić information content (AvgIpc) is 3.28. The second kappa shape index (κ2) is 11.5. The van der Waals surface area contributed by atoms with Crippen LogP contribution in [0.2, 0.25) is 5.02 Å². The minimum absolute atomic E-state index is 0.423. The summed E-state index contributed by atoms with van der Waals surface area (Å²) >= 11 is 11.4. The molecule has 0 saturated carbocycles. The van der Waals surface area contributed by atoms with Crippen molar-refractivity contribution in [3.8, 4) is 11.4 Å². The van der Waals surface area contributed by atoms with Gasteiger partial charge < -0.3 is 10.1 Å². The van der Waals surface area contributed by atoms with Gasteiger partial charge in [0.1, 0.15) is 12.4 Å². The van der Waals surface area contributed by atoms with E-state index in [9.17, 15) is 0 Å². The number of ether oxygens (including phenoxy) is 1. The number of thioether (sulfide) groups is 1. The number of hydrogen-bond acceptors (Lipinski definition) is 6. The van der Waals surface area contributed by atoms with Crippen LogP contribution in [0.4, 0.5) is 0 Å². The summed E-state index contributed by atoms with van der Waals surface area (Å²) in [6, 6.07) is 23.6. The standard InChI is InChI=1S/C23H21BrClN5OS/c24-19-10-11-22(31-16-17-6-4-5-9-21(17)25)18(14-19)15-26-12-13-32-23-27-28-29-30(23)20-7-2-1-3-8-20/h1-11,14,26H,12-13,15-16H2. The molecule has 6 nitrogen and oxygen atoms in total. The fraction of sp³-hybridized carbons (Fsp3) is 0.174. The van der Waals surface area contributed by atoms with Crippen LogP contribution in [0.15, 0.2) is 82.4 Å². The lowest BCUT2D eigenvalue weighted by molar-refractivity contribution is 0.302. The molecule has 0 aliphatic rings. The second-order valence-corrected chi connectivity index (χ2v) is 9.25. The first kappa shape index (κ1) is 22.8. The number of nitrogens with one attached hydrogen (secondary N) is 1. The van der Waals surface area contributed by atoms with Crippen LogP contribution in [-0.4, -0.2) is 32.5 Å². The Labute approximate surface area is 204 Å². The Balaban J connectivity index is 1.30. The molecule has 9 heteroatoms. The van der Waals surface area contributed by atoms with Gasteiger partial charge in [0.25, 0.3) is 0 Å². The zero-order chi connectivity index (χ0) is 22.2. The Hall–Kier alpha value is -2.39. The lowest BCUT2D eigenvalue weighted by Crippen LogP contribution is -2.17. The van der Waals surface area contributed by atoms with Crippen LogP contribution < -0.4 is 10.1 Å². The third-order valence-electron chi connectivity index (χ3n) is 4.63. The highest BCUT2D eigenvalue weighted by molar-refractivity contribution is 9.10. The molecule has 0 atom stereocenters. The normalized spacial score (nSPS) is 10.9. The smallest absolute Gasteiger partial charge is 0.214 e. The fourth-order valence-corrected chi connectivity index (χ4v) is 4.42. The molecule has 1 heterocycles. The van der Waals surface area contributed by atoms with Gasteiger partial charge in [-0.2, -0.15) is 4.68 Å². The van der Waals surface area contributed by atoms with E-state index in [-0.39, 0.29) is 0 Å². The second-order valence-electron chi connectivity index (χ2n) is 6.87. The van der Waals surface area contributed by atoms with Crippen molar-refractivity contribution in [1.29, 1.82) is 0 Å². The first-order chi connectivity index (χ1) is 15.7. The average molecular weight is 531 g/mol. The molecular formula is C23H21BrClN5OS. The number of nitrogens with zero attached hydrogens (tertiary/aromatic N) is 4. The van der Waals surface area contributed by atoms with Crippen molar-refractivity contribution < 1.29 is 4.74 Å². The minimum atomic E-state index is 0.423. The maximum atomic E-state index is 6.25. The molecule has 0 spiro atoms. The molecule has 0 aliphatic carbocycles. The first-order valence-electron chi connectivity index (χ1n) is 10.0. The van der Waals surface area contributed by atoms with Gasteiger partial charge in [-0.05, 0) is 46.8 Å². The summed E-state index contributed by atoms with van der Waals surface area (Å²) in [6.07, 6.45) is 0. The van der Waals surface area contributed by atoms with Gasteiger partial charge in [-0.15, -0.1) is 5.10 Å². The van der Waals surface area contributed by atoms with Crippen LogP contribution in [0.1, 0.15) is 11.1 Å². The van der Waals surface area contributed by atoms with E-state index in [0.717, 1.165) is 44.5 Å². The van der Waals surface area contributed by atoms with Crippen LogP contribution >= 0.6 is 39.3 Å². The van der Waals surface area contributed by atoms with Gasteiger partial charge in [0.05, 0.1) is 5.69 Å². The summed E-state index contributed by atoms with van der Waals surface area (Å²) in [7, 11) is 0. The molecule has 3 aromatic carbocycles. The number of para-hydroxylation sites is 1. The highest BCUT2D eigenvalue weighted by atomic mass is 79.9. The van der Waals surface area contributed by atoms with Gasteiger partial charge in [-0.3, -0.25) is 0 Å². The number of aromatic nitrogens is 4.